The average molecular weight is 199 g/mol. The largest absolute Gasteiger partial charge is 0.490 e. The molecule has 0 atom stereocenters. The van der Waals surface area contributed by atoms with E-state index in [0.717, 1.165) is 0 Å². The van der Waals surface area contributed by atoms with Crippen molar-refractivity contribution in [2.24, 2.45) is 0 Å². The lowest BCUT2D eigenvalue weighted by Crippen LogP contribution is -2.36. The van der Waals surface area contributed by atoms with E-state index in [2.05, 4.69) is 4.98 Å². The Morgan fingerprint density at radius 3 is 2.40 bits per heavy atom. The molecule has 4 radical (unpaired) electrons. The minimum absolute atomic E-state index is 0.238. The van der Waals surface area contributed by atoms with Gasteiger partial charge >= 0.3 is 7.12 Å². The van der Waals surface area contributed by atoms with Gasteiger partial charge in [0, 0.05) is 17.9 Å². The summed E-state index contributed by atoms with van der Waals surface area (Å²) in [6.07, 6.45) is 4.24. The number of rotatable bonds is 2. The third-order valence-electron chi connectivity index (χ3n) is 1.59. The monoisotopic (exact) mass is 199 g/mol. The van der Waals surface area contributed by atoms with Crippen LogP contribution >= 0.6 is 0 Å². The quantitative estimate of drug-likeness (QED) is 0.583. The third-order valence-corrected chi connectivity index (χ3v) is 1.59. The molecule has 0 saturated carbocycles. The minimum atomic E-state index is -1.60. The zero-order valence-electron chi connectivity index (χ0n) is 8.88. The first-order valence-electron chi connectivity index (χ1n) is 4.64. The van der Waals surface area contributed by atoms with Gasteiger partial charge in [-0.15, -0.1) is 5.98 Å². The van der Waals surface area contributed by atoms with Gasteiger partial charge in [0.05, 0.1) is 0 Å². The van der Waals surface area contributed by atoms with Crippen LogP contribution in [0.5, 0.6) is 0 Å². The summed E-state index contributed by atoms with van der Waals surface area (Å²) < 4.78 is 0. The Hall–Kier alpha value is -0.995. The maximum Gasteiger partial charge on any atom is 0.490 e. The van der Waals surface area contributed by atoms with Gasteiger partial charge in [-0.05, 0) is 5.56 Å². The first-order valence-corrected chi connectivity index (χ1v) is 4.64. The van der Waals surface area contributed by atoms with E-state index in [9.17, 15) is 0 Å². The topological polar surface area (TPSA) is 53.4 Å². The molecule has 0 amide bonds. The van der Waals surface area contributed by atoms with Crippen molar-refractivity contribution in [2.45, 2.75) is 13.8 Å². The van der Waals surface area contributed by atoms with Crippen LogP contribution in [0.15, 0.2) is 18.4 Å². The van der Waals surface area contributed by atoms with Gasteiger partial charge in [0.2, 0.25) is 0 Å². The molecule has 0 spiro atoms. The number of hydrogen-bond donors (Lipinski definition) is 2. The molecule has 0 aromatic carbocycles. The molecule has 0 aliphatic rings. The van der Waals surface area contributed by atoms with Gasteiger partial charge in [0.1, 0.15) is 15.7 Å². The van der Waals surface area contributed by atoms with E-state index in [4.69, 9.17) is 25.7 Å². The van der Waals surface area contributed by atoms with Gasteiger partial charge in [-0.2, -0.15) is 0 Å². The fraction of sp³-hybridized carbons (Fsp3) is 0.222. The molecule has 2 N–H and O–H groups in total. The second-order valence-corrected chi connectivity index (χ2v) is 2.46. The van der Waals surface area contributed by atoms with Crippen LogP contribution in [0.25, 0.3) is 6.08 Å². The summed E-state index contributed by atoms with van der Waals surface area (Å²) in [5, 5.41) is 17.9. The number of aromatic nitrogens is 1. The van der Waals surface area contributed by atoms with Gasteiger partial charge < -0.3 is 10.0 Å². The van der Waals surface area contributed by atoms with E-state index in [-0.39, 0.29) is 5.46 Å². The van der Waals surface area contributed by atoms with E-state index in [1.54, 1.807) is 0 Å². The number of hydrogen-bond acceptors (Lipinski definition) is 3. The maximum absolute atomic E-state index is 8.94. The van der Waals surface area contributed by atoms with E-state index >= 15 is 0 Å². The Balaban J connectivity index is 0.000000921. The van der Waals surface area contributed by atoms with Gasteiger partial charge in [0.25, 0.3) is 0 Å². The van der Waals surface area contributed by atoms with Gasteiger partial charge in [-0.3, -0.25) is 4.98 Å². The summed E-state index contributed by atoms with van der Waals surface area (Å²) in [5.41, 5.74) is 1.07. The predicted molar refractivity (Wildman–Crippen MR) is 65.6 cm³/mol. The second kappa shape index (κ2) is 7.32. The van der Waals surface area contributed by atoms with E-state index in [0.29, 0.717) is 11.0 Å². The molecule has 1 heterocycles. The Morgan fingerprint density at radius 1 is 1.33 bits per heavy atom. The fourth-order valence-corrected chi connectivity index (χ4v) is 0.998. The first-order chi connectivity index (χ1) is 7.16. The molecule has 0 saturated heterocycles. The van der Waals surface area contributed by atoms with Crippen LogP contribution in [-0.2, 0) is 0 Å². The van der Waals surface area contributed by atoms with E-state index in [1.807, 2.05) is 13.8 Å². The molecule has 6 heteroatoms. The fourth-order valence-electron chi connectivity index (χ4n) is 0.998. The summed E-state index contributed by atoms with van der Waals surface area (Å²) >= 11 is 0. The summed E-state index contributed by atoms with van der Waals surface area (Å²) in [4.78, 5) is 3.73. The molecular weight excluding hydrogens is 187 g/mol. The predicted octanol–water partition coefficient (Wildman–Crippen LogP) is -1.28. The zero-order chi connectivity index (χ0) is 11.8. The lowest BCUT2D eigenvalue weighted by atomic mass is 9.74. The lowest BCUT2D eigenvalue weighted by Gasteiger charge is -2.07. The van der Waals surface area contributed by atoms with Gasteiger partial charge in [-0.25, -0.2) is 0 Å². The maximum atomic E-state index is 8.94. The molecule has 1 aromatic heterocycles. The van der Waals surface area contributed by atoms with Crippen LogP contribution < -0.4 is 10.9 Å². The van der Waals surface area contributed by atoms with Crippen LogP contribution in [0.1, 0.15) is 19.4 Å². The Kier molecular flexibility index (Phi) is 6.83. The van der Waals surface area contributed by atoms with Crippen molar-refractivity contribution in [3.8, 4) is 0 Å². The first kappa shape index (κ1) is 14.0. The standard InChI is InChI=1S/C7H6B3NO2.C2H6/c8-2-1-5-6(9)3-11-4-7(5)10(12)13;1-2/h1-4,12-13H;1-2H3/b2-1-;. The number of pyridine rings is 1. The van der Waals surface area contributed by atoms with Crippen molar-refractivity contribution in [3.63, 3.8) is 0 Å². The molecular formula is C9H12B3NO2. The highest BCUT2D eigenvalue weighted by Crippen LogP contribution is 1.93. The van der Waals surface area contributed by atoms with E-state index < -0.39 is 7.12 Å². The molecule has 74 valence electrons. The Labute approximate surface area is 93.2 Å². The smallest absolute Gasteiger partial charge is 0.423 e. The van der Waals surface area contributed by atoms with Crippen molar-refractivity contribution < 1.29 is 10.0 Å². The highest BCUT2D eigenvalue weighted by atomic mass is 16.4. The summed E-state index contributed by atoms with van der Waals surface area (Å²) in [5.74, 6) is 1.28. The minimum Gasteiger partial charge on any atom is -0.423 e. The van der Waals surface area contributed by atoms with Crippen molar-refractivity contribution >= 4 is 39.8 Å². The van der Waals surface area contributed by atoms with Crippen LogP contribution in [0, 0.1) is 0 Å². The van der Waals surface area contributed by atoms with Crippen LogP contribution in [0.4, 0.5) is 0 Å². The van der Waals surface area contributed by atoms with Crippen molar-refractivity contribution in [1.82, 2.24) is 4.98 Å². The SMILES string of the molecule is CC.[B]/C=C\c1c([B])cncc1B(O)O. The molecule has 1 rings (SSSR count). The molecule has 0 fully saturated rings. The molecule has 1 aromatic rings. The Bertz CT molecular complexity index is 329. The second-order valence-electron chi connectivity index (χ2n) is 2.46. The number of nitrogens with zero attached hydrogens (tertiary/aromatic N) is 1. The molecule has 0 aliphatic heterocycles. The Morgan fingerprint density at radius 2 is 1.93 bits per heavy atom. The molecule has 3 nitrogen and oxygen atoms in total. The molecule has 0 bridgehead atoms. The lowest BCUT2D eigenvalue weighted by molar-refractivity contribution is 0.425. The van der Waals surface area contributed by atoms with Gasteiger partial charge in [-0.1, -0.05) is 25.4 Å². The zero-order valence-corrected chi connectivity index (χ0v) is 8.88. The van der Waals surface area contributed by atoms with Crippen molar-refractivity contribution in [2.75, 3.05) is 0 Å². The third kappa shape index (κ3) is 3.94. The normalized spacial score (nSPS) is 9.60. The summed E-state index contributed by atoms with van der Waals surface area (Å²) in [6.45, 7) is 4.00. The molecule has 0 aliphatic carbocycles. The van der Waals surface area contributed by atoms with Gasteiger partial charge in [0.15, 0.2) is 0 Å². The summed E-state index contributed by atoms with van der Waals surface area (Å²) in [6, 6.07) is 0. The van der Waals surface area contributed by atoms with Crippen molar-refractivity contribution in [3.05, 3.63) is 23.9 Å². The average Bonchev–Trinajstić information content (AvgIpc) is 2.24. The molecule has 0 unspecified atom stereocenters. The van der Waals surface area contributed by atoms with Crippen LogP contribution in [-0.4, -0.2) is 37.8 Å². The van der Waals surface area contributed by atoms with Crippen LogP contribution in [0.2, 0.25) is 0 Å². The molecule has 15 heavy (non-hydrogen) atoms. The summed E-state index contributed by atoms with van der Waals surface area (Å²) in [7, 11) is 9.14. The highest BCUT2D eigenvalue weighted by molar-refractivity contribution is 6.60. The van der Waals surface area contributed by atoms with Crippen LogP contribution in [0.3, 0.4) is 0 Å². The highest BCUT2D eigenvalue weighted by Gasteiger charge is 2.15. The van der Waals surface area contributed by atoms with Crippen molar-refractivity contribution in [1.29, 1.82) is 0 Å². The van der Waals surface area contributed by atoms with E-state index in [1.165, 1.54) is 24.4 Å².